The van der Waals surface area contributed by atoms with Gasteiger partial charge in [-0.2, -0.15) is 5.10 Å². The third kappa shape index (κ3) is 3.37. The van der Waals surface area contributed by atoms with E-state index in [0.717, 1.165) is 17.1 Å². The molecule has 0 amide bonds. The van der Waals surface area contributed by atoms with Crippen molar-refractivity contribution in [3.8, 4) is 17.3 Å². The Morgan fingerprint density at radius 1 is 1.09 bits per heavy atom. The molecule has 0 spiro atoms. The number of ether oxygens (including phenoxy) is 2. The van der Waals surface area contributed by atoms with E-state index in [9.17, 15) is 0 Å². The molecule has 2 aromatic heterocycles. The van der Waals surface area contributed by atoms with Gasteiger partial charge in [-0.3, -0.25) is 0 Å². The highest BCUT2D eigenvalue weighted by molar-refractivity contribution is 5.45. The fourth-order valence-corrected chi connectivity index (χ4v) is 2.08. The van der Waals surface area contributed by atoms with E-state index < -0.39 is 0 Å². The molecule has 0 saturated carbocycles. The minimum Gasteiger partial charge on any atom is -0.497 e. The number of hydrogen-bond acceptors (Lipinski definition) is 7. The molecule has 8 nitrogen and oxygen atoms in total. The molecule has 3 aromatic rings. The van der Waals surface area contributed by atoms with Gasteiger partial charge in [-0.1, -0.05) is 0 Å². The minimum atomic E-state index is 0.557. The molecule has 1 aromatic carbocycles. The van der Waals surface area contributed by atoms with Crippen LogP contribution in [0.5, 0.6) is 11.5 Å². The molecule has 0 fully saturated rings. The van der Waals surface area contributed by atoms with Crippen molar-refractivity contribution >= 4 is 5.82 Å². The van der Waals surface area contributed by atoms with Gasteiger partial charge in [-0.25, -0.2) is 19.6 Å². The van der Waals surface area contributed by atoms with Crippen LogP contribution >= 0.6 is 0 Å². The molecule has 0 radical (unpaired) electrons. The van der Waals surface area contributed by atoms with Crippen LogP contribution in [0.1, 0.15) is 5.56 Å². The summed E-state index contributed by atoms with van der Waals surface area (Å²) < 4.78 is 12.1. The van der Waals surface area contributed by atoms with Gasteiger partial charge in [0.2, 0.25) is 0 Å². The van der Waals surface area contributed by atoms with Crippen LogP contribution in [0.25, 0.3) is 5.82 Å². The number of methoxy groups -OCH3 is 2. The zero-order chi connectivity index (χ0) is 16.1. The van der Waals surface area contributed by atoms with Crippen molar-refractivity contribution < 1.29 is 9.47 Å². The summed E-state index contributed by atoms with van der Waals surface area (Å²) in [7, 11) is 3.25. The molecule has 118 valence electrons. The van der Waals surface area contributed by atoms with Crippen LogP contribution in [0.15, 0.2) is 43.2 Å². The number of benzene rings is 1. The molecule has 0 atom stereocenters. The topological polar surface area (TPSA) is 87.0 Å². The van der Waals surface area contributed by atoms with E-state index >= 15 is 0 Å². The fourth-order valence-electron chi connectivity index (χ4n) is 2.08. The normalized spacial score (nSPS) is 10.3. The van der Waals surface area contributed by atoms with Crippen molar-refractivity contribution in [3.05, 3.63) is 48.8 Å². The first-order valence-electron chi connectivity index (χ1n) is 6.92. The number of nitrogens with zero attached hydrogens (tertiary/aromatic N) is 5. The highest BCUT2D eigenvalue weighted by Gasteiger charge is 2.06. The summed E-state index contributed by atoms with van der Waals surface area (Å²) in [5, 5.41) is 7.29. The van der Waals surface area contributed by atoms with Crippen molar-refractivity contribution in [1.82, 2.24) is 24.7 Å². The molecule has 8 heteroatoms. The summed E-state index contributed by atoms with van der Waals surface area (Å²) in [6.07, 6.45) is 4.51. The second kappa shape index (κ2) is 6.73. The van der Waals surface area contributed by atoms with Crippen LogP contribution < -0.4 is 14.8 Å². The Morgan fingerprint density at radius 2 is 2.00 bits per heavy atom. The van der Waals surface area contributed by atoms with Crippen LogP contribution in [-0.4, -0.2) is 39.0 Å². The summed E-state index contributed by atoms with van der Waals surface area (Å²) in [5.41, 5.74) is 0.995. The average Bonchev–Trinajstić information content (AvgIpc) is 3.14. The Balaban J connectivity index is 1.75. The van der Waals surface area contributed by atoms with Gasteiger partial charge < -0.3 is 14.8 Å². The van der Waals surface area contributed by atoms with Gasteiger partial charge in [0.05, 0.1) is 14.2 Å². The van der Waals surface area contributed by atoms with Crippen LogP contribution in [0.2, 0.25) is 0 Å². The van der Waals surface area contributed by atoms with Crippen molar-refractivity contribution in [3.63, 3.8) is 0 Å². The molecule has 0 bridgehead atoms. The summed E-state index contributed by atoms with van der Waals surface area (Å²) in [5.74, 6) is 2.83. The van der Waals surface area contributed by atoms with E-state index in [1.807, 2.05) is 18.2 Å². The van der Waals surface area contributed by atoms with Crippen LogP contribution in [0, 0.1) is 0 Å². The second-order valence-electron chi connectivity index (χ2n) is 4.63. The first-order valence-corrected chi connectivity index (χ1v) is 6.92. The first-order chi connectivity index (χ1) is 11.3. The first kappa shape index (κ1) is 14.8. The van der Waals surface area contributed by atoms with Crippen molar-refractivity contribution in [1.29, 1.82) is 0 Å². The smallest absolute Gasteiger partial charge is 0.160 e. The van der Waals surface area contributed by atoms with Crippen LogP contribution in [-0.2, 0) is 6.54 Å². The lowest BCUT2D eigenvalue weighted by Gasteiger charge is -2.12. The van der Waals surface area contributed by atoms with Crippen molar-refractivity contribution in [2.45, 2.75) is 6.54 Å². The number of aromatic nitrogens is 5. The fraction of sp³-hybridized carbons (Fsp3) is 0.200. The molecule has 3 rings (SSSR count). The third-order valence-corrected chi connectivity index (χ3v) is 3.26. The predicted octanol–water partition coefficient (Wildman–Crippen LogP) is 1.69. The molecular formula is C15H16N6O2. The predicted molar refractivity (Wildman–Crippen MR) is 83.8 cm³/mol. The summed E-state index contributed by atoms with van der Waals surface area (Å²) in [6, 6.07) is 7.48. The molecule has 2 heterocycles. The van der Waals surface area contributed by atoms with Crippen molar-refractivity contribution in [2.24, 2.45) is 0 Å². The number of anilines is 1. The highest BCUT2D eigenvalue weighted by Crippen LogP contribution is 2.25. The summed E-state index contributed by atoms with van der Waals surface area (Å²) >= 11 is 0. The van der Waals surface area contributed by atoms with Crippen molar-refractivity contribution in [2.75, 3.05) is 19.5 Å². The quantitative estimate of drug-likeness (QED) is 0.741. The van der Waals surface area contributed by atoms with Gasteiger partial charge in [0.1, 0.15) is 36.3 Å². The molecule has 0 saturated heterocycles. The number of hydrogen-bond donors (Lipinski definition) is 1. The van der Waals surface area contributed by atoms with Gasteiger partial charge >= 0.3 is 0 Å². The maximum absolute atomic E-state index is 5.38. The van der Waals surface area contributed by atoms with Crippen LogP contribution in [0.4, 0.5) is 5.82 Å². The lowest BCUT2D eigenvalue weighted by Crippen LogP contribution is -2.06. The Labute approximate surface area is 133 Å². The van der Waals surface area contributed by atoms with E-state index in [1.165, 1.54) is 12.7 Å². The van der Waals surface area contributed by atoms with E-state index in [1.54, 1.807) is 31.3 Å². The zero-order valence-electron chi connectivity index (χ0n) is 12.8. The van der Waals surface area contributed by atoms with E-state index in [-0.39, 0.29) is 0 Å². The minimum absolute atomic E-state index is 0.557. The van der Waals surface area contributed by atoms with Gasteiger partial charge in [0.15, 0.2) is 5.82 Å². The molecule has 0 unspecified atom stereocenters. The standard InChI is InChI=1S/C15H16N6O2/c1-22-12-4-3-11(13(5-12)23-2)7-17-14-6-15(19-9-18-14)21-10-16-8-20-21/h3-6,8-10H,7H2,1-2H3,(H,17,18,19). The monoisotopic (exact) mass is 312 g/mol. The van der Waals surface area contributed by atoms with E-state index in [2.05, 4.69) is 25.4 Å². The summed E-state index contributed by atoms with van der Waals surface area (Å²) in [4.78, 5) is 12.3. The highest BCUT2D eigenvalue weighted by atomic mass is 16.5. The number of rotatable bonds is 6. The Morgan fingerprint density at radius 3 is 2.74 bits per heavy atom. The maximum Gasteiger partial charge on any atom is 0.160 e. The zero-order valence-corrected chi connectivity index (χ0v) is 12.8. The SMILES string of the molecule is COc1ccc(CNc2cc(-n3cncn3)ncn2)c(OC)c1. The molecule has 0 aliphatic rings. The van der Waals surface area contributed by atoms with E-state index in [0.29, 0.717) is 18.2 Å². The van der Waals surface area contributed by atoms with Crippen LogP contribution in [0.3, 0.4) is 0 Å². The molecule has 0 aliphatic heterocycles. The molecule has 23 heavy (non-hydrogen) atoms. The molecule has 0 aliphatic carbocycles. The number of nitrogens with one attached hydrogen (secondary N) is 1. The lowest BCUT2D eigenvalue weighted by molar-refractivity contribution is 0.391. The van der Waals surface area contributed by atoms with E-state index in [4.69, 9.17) is 9.47 Å². The second-order valence-corrected chi connectivity index (χ2v) is 4.63. The molecule has 1 N–H and O–H groups in total. The lowest BCUT2D eigenvalue weighted by atomic mass is 10.2. The molecular weight excluding hydrogens is 296 g/mol. The van der Waals surface area contributed by atoms with Gasteiger partial charge in [0, 0.05) is 24.2 Å². The van der Waals surface area contributed by atoms with Gasteiger partial charge in [-0.05, 0) is 12.1 Å². The van der Waals surface area contributed by atoms with Gasteiger partial charge in [0.25, 0.3) is 0 Å². The van der Waals surface area contributed by atoms with Gasteiger partial charge in [-0.15, -0.1) is 0 Å². The average molecular weight is 312 g/mol. The maximum atomic E-state index is 5.38. The Kier molecular flexibility index (Phi) is 4.32. The Hall–Kier alpha value is -3.16. The summed E-state index contributed by atoms with van der Waals surface area (Å²) in [6.45, 7) is 0.557. The largest absolute Gasteiger partial charge is 0.497 e. The third-order valence-electron chi connectivity index (χ3n) is 3.26. The Bertz CT molecular complexity index is 775.